The summed E-state index contributed by atoms with van der Waals surface area (Å²) in [5, 5.41) is 3.66. The van der Waals surface area contributed by atoms with Crippen molar-refractivity contribution in [3.63, 3.8) is 0 Å². The predicted octanol–water partition coefficient (Wildman–Crippen LogP) is 3.31. The zero-order chi connectivity index (χ0) is 13.8. The molecular formula is C16H28N2S. The number of nitrogens with one attached hydrogen (secondary N) is 1. The number of piperazine rings is 1. The van der Waals surface area contributed by atoms with Crippen molar-refractivity contribution in [1.29, 1.82) is 0 Å². The minimum Gasteiger partial charge on any atom is -0.311 e. The van der Waals surface area contributed by atoms with Gasteiger partial charge in [0.15, 0.2) is 0 Å². The molecule has 1 aromatic rings. The van der Waals surface area contributed by atoms with Crippen LogP contribution in [0.15, 0.2) is 12.1 Å². The summed E-state index contributed by atoms with van der Waals surface area (Å²) in [6.07, 6.45) is 2.49. The summed E-state index contributed by atoms with van der Waals surface area (Å²) in [6.45, 7) is 12.8. The summed E-state index contributed by atoms with van der Waals surface area (Å²) in [7, 11) is 0. The largest absolute Gasteiger partial charge is 0.311 e. The molecule has 3 heteroatoms. The molecule has 1 aliphatic rings. The molecule has 2 rings (SSSR count). The van der Waals surface area contributed by atoms with Gasteiger partial charge in [0.1, 0.15) is 0 Å². The van der Waals surface area contributed by atoms with E-state index < -0.39 is 0 Å². The van der Waals surface area contributed by atoms with Gasteiger partial charge in [-0.15, -0.1) is 11.3 Å². The Bertz CT molecular complexity index is 386. The number of aryl methyl sites for hydroxylation is 1. The van der Waals surface area contributed by atoms with Gasteiger partial charge in [0.2, 0.25) is 0 Å². The molecule has 0 aromatic carbocycles. The Morgan fingerprint density at radius 3 is 2.79 bits per heavy atom. The van der Waals surface area contributed by atoms with Gasteiger partial charge in [-0.3, -0.25) is 4.90 Å². The van der Waals surface area contributed by atoms with E-state index in [1.165, 1.54) is 35.7 Å². The van der Waals surface area contributed by atoms with Gasteiger partial charge >= 0.3 is 0 Å². The minimum atomic E-state index is 0.662. The van der Waals surface area contributed by atoms with Crippen molar-refractivity contribution in [2.24, 2.45) is 5.92 Å². The lowest BCUT2D eigenvalue weighted by atomic mass is 10.0. The zero-order valence-electron chi connectivity index (χ0n) is 12.8. The Kier molecular flexibility index (Phi) is 5.43. The first-order valence-electron chi connectivity index (χ1n) is 7.57. The number of nitrogens with zero attached hydrogens (tertiary/aromatic N) is 1. The topological polar surface area (TPSA) is 15.3 Å². The number of rotatable bonds is 5. The fourth-order valence-electron chi connectivity index (χ4n) is 2.99. The summed E-state index contributed by atoms with van der Waals surface area (Å²) in [6, 6.07) is 5.88. The summed E-state index contributed by atoms with van der Waals surface area (Å²) in [4.78, 5) is 5.63. The lowest BCUT2D eigenvalue weighted by Gasteiger charge is -2.38. The van der Waals surface area contributed by atoms with Crippen LogP contribution in [0.5, 0.6) is 0 Å². The highest BCUT2D eigenvalue weighted by Gasteiger charge is 2.23. The normalized spacial score (nSPS) is 22.9. The van der Waals surface area contributed by atoms with Gasteiger partial charge < -0.3 is 5.32 Å². The summed E-state index contributed by atoms with van der Waals surface area (Å²) >= 11 is 1.95. The molecule has 0 radical (unpaired) electrons. The van der Waals surface area contributed by atoms with Crippen LogP contribution in [0.1, 0.15) is 36.9 Å². The molecule has 1 fully saturated rings. The van der Waals surface area contributed by atoms with E-state index in [9.17, 15) is 0 Å². The van der Waals surface area contributed by atoms with E-state index in [1.54, 1.807) is 0 Å². The van der Waals surface area contributed by atoms with Crippen molar-refractivity contribution >= 4 is 11.3 Å². The average molecular weight is 280 g/mol. The van der Waals surface area contributed by atoms with Crippen LogP contribution in [-0.4, -0.2) is 36.6 Å². The second-order valence-electron chi connectivity index (χ2n) is 6.34. The lowest BCUT2D eigenvalue weighted by Crippen LogP contribution is -2.54. The number of hydrogen-bond donors (Lipinski definition) is 1. The molecule has 1 N–H and O–H groups in total. The molecule has 2 heterocycles. The summed E-state index contributed by atoms with van der Waals surface area (Å²) < 4.78 is 0. The highest BCUT2D eigenvalue weighted by molar-refractivity contribution is 7.11. The molecule has 0 amide bonds. The highest BCUT2D eigenvalue weighted by atomic mass is 32.1. The summed E-state index contributed by atoms with van der Waals surface area (Å²) in [5.74, 6) is 0.785. The van der Waals surface area contributed by atoms with E-state index in [2.05, 4.69) is 50.0 Å². The molecule has 2 nitrogen and oxygen atoms in total. The smallest absolute Gasteiger partial charge is 0.0198 e. The third-order valence-electron chi connectivity index (χ3n) is 3.96. The first kappa shape index (κ1) is 15.0. The Hall–Kier alpha value is -0.380. The number of thiophene rings is 1. The fourth-order valence-corrected chi connectivity index (χ4v) is 4.00. The quantitative estimate of drug-likeness (QED) is 0.890. The molecule has 0 aliphatic carbocycles. The molecule has 19 heavy (non-hydrogen) atoms. The second kappa shape index (κ2) is 6.87. The fraction of sp³-hybridized carbons (Fsp3) is 0.750. The molecule has 1 aromatic heterocycles. The first-order valence-corrected chi connectivity index (χ1v) is 8.39. The van der Waals surface area contributed by atoms with Crippen LogP contribution in [0.4, 0.5) is 0 Å². The van der Waals surface area contributed by atoms with Crippen LogP contribution >= 0.6 is 11.3 Å². The van der Waals surface area contributed by atoms with Crippen LogP contribution in [0.3, 0.4) is 0 Å². The van der Waals surface area contributed by atoms with Gasteiger partial charge in [-0.1, -0.05) is 13.8 Å². The SMILES string of the molecule is Cc1ccc(CC(C)N2CCNC(CC(C)C)C2)s1. The van der Waals surface area contributed by atoms with Crippen molar-refractivity contribution in [2.75, 3.05) is 19.6 Å². The molecule has 0 bridgehead atoms. The van der Waals surface area contributed by atoms with Crippen molar-refractivity contribution in [1.82, 2.24) is 10.2 Å². The van der Waals surface area contributed by atoms with Crippen LogP contribution < -0.4 is 5.32 Å². The van der Waals surface area contributed by atoms with Crippen molar-refractivity contribution in [2.45, 2.75) is 52.6 Å². The van der Waals surface area contributed by atoms with E-state index in [1.807, 2.05) is 11.3 Å². The molecule has 1 saturated heterocycles. The second-order valence-corrected chi connectivity index (χ2v) is 7.71. The minimum absolute atomic E-state index is 0.662. The van der Waals surface area contributed by atoms with Gasteiger partial charge in [-0.2, -0.15) is 0 Å². The van der Waals surface area contributed by atoms with Crippen molar-refractivity contribution in [3.8, 4) is 0 Å². The van der Waals surface area contributed by atoms with Crippen LogP contribution in [0.2, 0.25) is 0 Å². The molecule has 0 spiro atoms. The maximum absolute atomic E-state index is 3.66. The Morgan fingerprint density at radius 2 is 2.16 bits per heavy atom. The molecule has 2 unspecified atom stereocenters. The summed E-state index contributed by atoms with van der Waals surface area (Å²) in [5.41, 5.74) is 0. The van der Waals surface area contributed by atoms with Gasteiger partial charge in [-0.25, -0.2) is 0 Å². The predicted molar refractivity (Wildman–Crippen MR) is 85.0 cm³/mol. The van der Waals surface area contributed by atoms with Gasteiger partial charge in [-0.05, 0) is 44.7 Å². The molecule has 2 atom stereocenters. The van der Waals surface area contributed by atoms with E-state index in [0.29, 0.717) is 12.1 Å². The van der Waals surface area contributed by atoms with Crippen molar-refractivity contribution < 1.29 is 0 Å². The first-order chi connectivity index (χ1) is 9.04. The Labute approximate surface area is 122 Å². The third kappa shape index (κ3) is 4.59. The molecule has 0 saturated carbocycles. The van der Waals surface area contributed by atoms with Gasteiger partial charge in [0, 0.05) is 41.5 Å². The maximum atomic E-state index is 3.66. The van der Waals surface area contributed by atoms with Gasteiger partial charge in [0.05, 0.1) is 0 Å². The monoisotopic (exact) mass is 280 g/mol. The third-order valence-corrected chi connectivity index (χ3v) is 4.98. The van der Waals surface area contributed by atoms with Crippen molar-refractivity contribution in [3.05, 3.63) is 21.9 Å². The van der Waals surface area contributed by atoms with Crippen LogP contribution in [0.25, 0.3) is 0 Å². The van der Waals surface area contributed by atoms with E-state index in [0.717, 1.165) is 12.5 Å². The van der Waals surface area contributed by atoms with Gasteiger partial charge in [0.25, 0.3) is 0 Å². The van der Waals surface area contributed by atoms with Crippen LogP contribution in [-0.2, 0) is 6.42 Å². The average Bonchev–Trinajstić information content (AvgIpc) is 2.74. The Balaban J connectivity index is 1.86. The lowest BCUT2D eigenvalue weighted by molar-refractivity contribution is 0.143. The van der Waals surface area contributed by atoms with E-state index in [-0.39, 0.29) is 0 Å². The highest BCUT2D eigenvalue weighted by Crippen LogP contribution is 2.20. The zero-order valence-corrected chi connectivity index (χ0v) is 13.6. The van der Waals surface area contributed by atoms with E-state index >= 15 is 0 Å². The van der Waals surface area contributed by atoms with E-state index in [4.69, 9.17) is 0 Å². The maximum Gasteiger partial charge on any atom is 0.0198 e. The number of hydrogen-bond acceptors (Lipinski definition) is 3. The Morgan fingerprint density at radius 1 is 1.37 bits per heavy atom. The molecular weight excluding hydrogens is 252 g/mol. The molecule has 1 aliphatic heterocycles. The van der Waals surface area contributed by atoms with Crippen LogP contribution in [0, 0.1) is 12.8 Å². The molecule has 108 valence electrons. The standard InChI is InChI=1S/C16H28N2S/c1-12(2)9-15-11-18(8-7-17-15)13(3)10-16-6-5-14(4)19-16/h5-6,12-13,15,17H,7-11H2,1-4H3.